The van der Waals surface area contributed by atoms with E-state index >= 15 is 0 Å². The van der Waals surface area contributed by atoms with Gasteiger partial charge in [0.05, 0.1) is 31.5 Å². The standard InChI is InChI=1S/C21H23N3O5S/c1-23(2)14-8-6-13(7-9-14)20(26)22-21-24(12-19(25)29-5)15-10-16(27-3)17(28-4)11-18(15)30-21/h6-11H,12H2,1-5H3. The van der Waals surface area contributed by atoms with E-state index in [9.17, 15) is 9.59 Å². The highest BCUT2D eigenvalue weighted by Crippen LogP contribution is 2.33. The number of amides is 1. The second-order valence-electron chi connectivity index (χ2n) is 6.58. The Morgan fingerprint density at radius 2 is 1.67 bits per heavy atom. The van der Waals surface area contributed by atoms with Crippen LogP contribution in [0.15, 0.2) is 41.4 Å². The lowest BCUT2D eigenvalue weighted by Gasteiger charge is -2.11. The molecule has 3 rings (SSSR count). The third-order valence-corrected chi connectivity index (χ3v) is 5.57. The van der Waals surface area contributed by atoms with Gasteiger partial charge in [0.1, 0.15) is 6.54 Å². The number of methoxy groups -OCH3 is 3. The van der Waals surface area contributed by atoms with Crippen LogP contribution >= 0.6 is 11.3 Å². The van der Waals surface area contributed by atoms with Gasteiger partial charge < -0.3 is 23.7 Å². The van der Waals surface area contributed by atoms with Crippen molar-refractivity contribution in [1.82, 2.24) is 4.57 Å². The van der Waals surface area contributed by atoms with Crippen LogP contribution in [0.3, 0.4) is 0 Å². The maximum Gasteiger partial charge on any atom is 0.325 e. The molecule has 0 fully saturated rings. The molecule has 0 aliphatic rings. The zero-order valence-corrected chi connectivity index (χ0v) is 18.3. The van der Waals surface area contributed by atoms with Crippen LogP contribution < -0.4 is 19.2 Å². The van der Waals surface area contributed by atoms with Gasteiger partial charge in [-0.05, 0) is 24.3 Å². The van der Waals surface area contributed by atoms with E-state index in [2.05, 4.69) is 4.99 Å². The average molecular weight is 429 g/mol. The fourth-order valence-corrected chi connectivity index (χ4v) is 3.92. The fourth-order valence-electron chi connectivity index (χ4n) is 2.88. The maximum atomic E-state index is 12.8. The number of anilines is 1. The lowest BCUT2D eigenvalue weighted by atomic mass is 10.2. The highest BCUT2D eigenvalue weighted by atomic mass is 32.1. The maximum absolute atomic E-state index is 12.8. The highest BCUT2D eigenvalue weighted by molar-refractivity contribution is 7.16. The molecule has 0 N–H and O–H groups in total. The molecule has 9 heteroatoms. The van der Waals surface area contributed by atoms with Crippen molar-refractivity contribution in [3.8, 4) is 11.5 Å². The number of esters is 1. The smallest absolute Gasteiger partial charge is 0.325 e. The van der Waals surface area contributed by atoms with Crippen molar-refractivity contribution in [1.29, 1.82) is 0 Å². The normalized spacial score (nSPS) is 11.4. The van der Waals surface area contributed by atoms with E-state index in [1.54, 1.807) is 35.9 Å². The fraction of sp³-hybridized carbons (Fsp3) is 0.286. The number of nitrogens with zero attached hydrogens (tertiary/aromatic N) is 3. The molecule has 3 aromatic rings. The third kappa shape index (κ3) is 4.30. The van der Waals surface area contributed by atoms with Gasteiger partial charge in [-0.1, -0.05) is 11.3 Å². The molecule has 0 bridgehead atoms. The van der Waals surface area contributed by atoms with Gasteiger partial charge in [-0.15, -0.1) is 0 Å². The first-order chi connectivity index (χ1) is 14.4. The molecule has 0 atom stereocenters. The lowest BCUT2D eigenvalue weighted by Crippen LogP contribution is -2.22. The second kappa shape index (κ2) is 9.00. The number of ether oxygens (including phenoxy) is 3. The number of fused-ring (bicyclic) bond motifs is 1. The predicted molar refractivity (Wildman–Crippen MR) is 116 cm³/mol. The van der Waals surface area contributed by atoms with Crippen molar-refractivity contribution in [3.05, 3.63) is 46.8 Å². The summed E-state index contributed by atoms with van der Waals surface area (Å²) in [5, 5.41) is 0. The number of hydrogen-bond donors (Lipinski definition) is 0. The van der Waals surface area contributed by atoms with Crippen molar-refractivity contribution in [3.63, 3.8) is 0 Å². The number of carbonyl (C=O) groups is 2. The summed E-state index contributed by atoms with van der Waals surface area (Å²) in [7, 11) is 8.25. The molecule has 0 unspecified atom stereocenters. The molecule has 158 valence electrons. The van der Waals surface area contributed by atoms with Crippen LogP contribution in [0.4, 0.5) is 5.69 Å². The van der Waals surface area contributed by atoms with Gasteiger partial charge in [-0.3, -0.25) is 9.59 Å². The Bertz CT molecular complexity index is 1150. The predicted octanol–water partition coefficient (Wildman–Crippen LogP) is 2.70. The van der Waals surface area contributed by atoms with E-state index in [-0.39, 0.29) is 6.54 Å². The van der Waals surface area contributed by atoms with Crippen LogP contribution in [0.1, 0.15) is 10.4 Å². The molecular weight excluding hydrogens is 406 g/mol. The molecule has 8 nitrogen and oxygen atoms in total. The van der Waals surface area contributed by atoms with E-state index < -0.39 is 11.9 Å². The number of rotatable bonds is 6. The van der Waals surface area contributed by atoms with Gasteiger partial charge in [-0.2, -0.15) is 4.99 Å². The van der Waals surface area contributed by atoms with Gasteiger partial charge in [0.2, 0.25) is 0 Å². The van der Waals surface area contributed by atoms with Crippen molar-refractivity contribution in [2.45, 2.75) is 6.54 Å². The lowest BCUT2D eigenvalue weighted by molar-refractivity contribution is -0.141. The van der Waals surface area contributed by atoms with Crippen molar-refractivity contribution >= 4 is 39.1 Å². The molecular formula is C21H23N3O5S. The molecule has 0 saturated carbocycles. The van der Waals surface area contributed by atoms with Crippen LogP contribution in [0.25, 0.3) is 10.2 Å². The van der Waals surface area contributed by atoms with E-state index in [1.807, 2.05) is 31.1 Å². The summed E-state index contributed by atoms with van der Waals surface area (Å²) in [6.07, 6.45) is 0. The van der Waals surface area contributed by atoms with E-state index in [0.29, 0.717) is 27.4 Å². The van der Waals surface area contributed by atoms with Gasteiger partial charge in [0, 0.05) is 37.5 Å². The monoisotopic (exact) mass is 429 g/mol. The minimum Gasteiger partial charge on any atom is -0.493 e. The summed E-state index contributed by atoms with van der Waals surface area (Å²) >= 11 is 1.28. The summed E-state index contributed by atoms with van der Waals surface area (Å²) in [4.78, 5) is 31.4. The minimum atomic E-state index is -0.450. The van der Waals surface area contributed by atoms with E-state index in [4.69, 9.17) is 14.2 Å². The SMILES string of the molecule is COC(=O)Cn1c(=NC(=O)c2ccc(N(C)C)cc2)sc2cc(OC)c(OC)cc21. The van der Waals surface area contributed by atoms with Crippen LogP contribution in [-0.4, -0.2) is 51.9 Å². The summed E-state index contributed by atoms with van der Waals surface area (Å²) in [5.74, 6) is 0.213. The van der Waals surface area contributed by atoms with Crippen molar-refractivity contribution in [2.75, 3.05) is 40.3 Å². The first-order valence-electron chi connectivity index (χ1n) is 9.06. The molecule has 1 aromatic heterocycles. The largest absolute Gasteiger partial charge is 0.493 e. The molecule has 30 heavy (non-hydrogen) atoms. The first-order valence-corrected chi connectivity index (χ1v) is 9.88. The Morgan fingerprint density at radius 1 is 1.03 bits per heavy atom. The highest BCUT2D eigenvalue weighted by Gasteiger charge is 2.16. The molecule has 2 aromatic carbocycles. The van der Waals surface area contributed by atoms with Gasteiger partial charge >= 0.3 is 5.97 Å². The summed E-state index contributed by atoms with van der Waals surface area (Å²) in [6.45, 7) is -0.0857. The Kier molecular flexibility index (Phi) is 6.41. The molecule has 1 heterocycles. The van der Waals surface area contributed by atoms with Gasteiger partial charge in [-0.25, -0.2) is 0 Å². The zero-order valence-electron chi connectivity index (χ0n) is 17.5. The number of thiazole rings is 1. The van der Waals surface area contributed by atoms with Crippen LogP contribution in [-0.2, 0) is 16.1 Å². The second-order valence-corrected chi connectivity index (χ2v) is 7.59. The first kappa shape index (κ1) is 21.4. The van der Waals surface area contributed by atoms with Crippen LogP contribution in [0.5, 0.6) is 11.5 Å². The minimum absolute atomic E-state index is 0.0857. The summed E-state index contributed by atoms with van der Waals surface area (Å²) < 4.78 is 18.0. The quantitative estimate of drug-likeness (QED) is 0.561. The molecule has 0 saturated heterocycles. The Balaban J connectivity index is 2.13. The van der Waals surface area contributed by atoms with Crippen LogP contribution in [0, 0.1) is 0 Å². The van der Waals surface area contributed by atoms with Crippen molar-refractivity contribution in [2.24, 2.45) is 4.99 Å². The number of benzene rings is 2. The van der Waals surface area contributed by atoms with E-state index in [0.717, 1.165) is 10.4 Å². The third-order valence-electron chi connectivity index (χ3n) is 4.53. The Hall–Kier alpha value is -3.33. The Morgan fingerprint density at radius 3 is 2.23 bits per heavy atom. The molecule has 1 amide bonds. The average Bonchev–Trinajstić information content (AvgIpc) is 3.08. The number of hydrogen-bond acceptors (Lipinski definition) is 7. The Labute approximate surface area is 177 Å². The zero-order chi connectivity index (χ0) is 21.8. The van der Waals surface area contributed by atoms with E-state index in [1.165, 1.54) is 25.6 Å². The molecule has 0 aliphatic carbocycles. The molecule has 0 spiro atoms. The number of aromatic nitrogens is 1. The topological polar surface area (TPSA) is 82.4 Å². The summed E-state index contributed by atoms with van der Waals surface area (Å²) in [6, 6.07) is 10.7. The van der Waals surface area contributed by atoms with Crippen LogP contribution in [0.2, 0.25) is 0 Å². The van der Waals surface area contributed by atoms with Crippen molar-refractivity contribution < 1.29 is 23.8 Å². The number of carbonyl (C=O) groups excluding carboxylic acids is 2. The summed E-state index contributed by atoms with van der Waals surface area (Å²) in [5.41, 5.74) is 2.13. The molecule has 0 radical (unpaired) electrons. The van der Waals surface area contributed by atoms with Gasteiger partial charge in [0.15, 0.2) is 16.3 Å². The van der Waals surface area contributed by atoms with Gasteiger partial charge in [0.25, 0.3) is 5.91 Å². The molecule has 0 aliphatic heterocycles.